The quantitative estimate of drug-likeness (QED) is 0.785. The molecule has 1 atom stereocenters. The summed E-state index contributed by atoms with van der Waals surface area (Å²) in [5.41, 5.74) is 0. The molecular formula is C11H17N7. The van der Waals surface area contributed by atoms with E-state index < -0.39 is 0 Å². The Hall–Kier alpha value is -1.89. The second-order valence-corrected chi connectivity index (χ2v) is 4.63. The summed E-state index contributed by atoms with van der Waals surface area (Å²) < 4.78 is 3.94. The van der Waals surface area contributed by atoms with E-state index >= 15 is 0 Å². The molecule has 2 N–H and O–H groups in total. The van der Waals surface area contributed by atoms with Crippen molar-refractivity contribution in [3.05, 3.63) is 24.4 Å². The Balaban J connectivity index is 1.49. The first-order valence-electron chi connectivity index (χ1n) is 6.12. The van der Waals surface area contributed by atoms with Crippen LogP contribution in [0.25, 0.3) is 0 Å². The Bertz CT molecular complexity index is 515. The van der Waals surface area contributed by atoms with Crippen molar-refractivity contribution < 1.29 is 0 Å². The van der Waals surface area contributed by atoms with E-state index in [0.717, 1.165) is 37.8 Å². The summed E-state index contributed by atoms with van der Waals surface area (Å²) in [6.07, 6.45) is 3.55. The average molecular weight is 247 g/mol. The Morgan fingerprint density at radius 3 is 3.33 bits per heavy atom. The minimum Gasteiger partial charge on any atom is -0.370 e. The first kappa shape index (κ1) is 11.2. The molecule has 0 fully saturated rings. The van der Waals surface area contributed by atoms with Gasteiger partial charge in [0.1, 0.15) is 18.0 Å². The lowest BCUT2D eigenvalue weighted by Gasteiger charge is -2.25. The third kappa shape index (κ3) is 2.21. The van der Waals surface area contributed by atoms with Crippen LogP contribution in [-0.4, -0.2) is 37.6 Å². The summed E-state index contributed by atoms with van der Waals surface area (Å²) in [5, 5.41) is 19.0. The Labute approximate surface area is 105 Å². The summed E-state index contributed by atoms with van der Waals surface area (Å²) in [5.74, 6) is 2.61. The summed E-state index contributed by atoms with van der Waals surface area (Å²) in [4.78, 5) is 0. The van der Waals surface area contributed by atoms with Gasteiger partial charge in [0.25, 0.3) is 0 Å². The van der Waals surface area contributed by atoms with Crippen LogP contribution in [0.1, 0.15) is 5.82 Å². The standard InChI is InChI=1S/C11H17N7/c1-17-8-14-16-11(17)6-12-4-9-5-13-10-2-3-15-18(10)7-9/h2-3,8-9,12-13H,4-7H2,1H3. The fourth-order valence-corrected chi connectivity index (χ4v) is 2.18. The van der Waals surface area contributed by atoms with Gasteiger partial charge in [-0.25, -0.2) is 4.68 Å². The zero-order valence-electron chi connectivity index (χ0n) is 10.4. The summed E-state index contributed by atoms with van der Waals surface area (Å²) in [7, 11) is 1.95. The zero-order chi connectivity index (χ0) is 12.4. The molecular weight excluding hydrogens is 230 g/mol. The molecule has 0 spiro atoms. The van der Waals surface area contributed by atoms with Crippen LogP contribution in [0.5, 0.6) is 0 Å². The highest BCUT2D eigenvalue weighted by Crippen LogP contribution is 2.15. The van der Waals surface area contributed by atoms with Crippen molar-refractivity contribution in [1.29, 1.82) is 0 Å². The fourth-order valence-electron chi connectivity index (χ4n) is 2.18. The second kappa shape index (κ2) is 4.77. The topological polar surface area (TPSA) is 72.6 Å². The van der Waals surface area contributed by atoms with Crippen molar-refractivity contribution in [2.24, 2.45) is 13.0 Å². The van der Waals surface area contributed by atoms with Crippen molar-refractivity contribution in [1.82, 2.24) is 29.9 Å². The van der Waals surface area contributed by atoms with Crippen molar-refractivity contribution in [2.75, 3.05) is 18.4 Å². The molecule has 0 saturated heterocycles. The zero-order valence-corrected chi connectivity index (χ0v) is 10.4. The van der Waals surface area contributed by atoms with E-state index in [-0.39, 0.29) is 0 Å². The van der Waals surface area contributed by atoms with Gasteiger partial charge in [-0.1, -0.05) is 0 Å². The molecule has 0 radical (unpaired) electrons. The molecule has 1 unspecified atom stereocenters. The van der Waals surface area contributed by atoms with Gasteiger partial charge in [-0.15, -0.1) is 10.2 Å². The Kier molecular flexibility index (Phi) is 2.97. The summed E-state index contributed by atoms with van der Waals surface area (Å²) >= 11 is 0. The molecule has 2 aromatic heterocycles. The maximum absolute atomic E-state index is 4.28. The van der Waals surface area contributed by atoms with Crippen molar-refractivity contribution in [2.45, 2.75) is 13.1 Å². The first-order chi connectivity index (χ1) is 8.83. The number of nitrogens with zero attached hydrogens (tertiary/aromatic N) is 5. The Morgan fingerprint density at radius 2 is 2.50 bits per heavy atom. The molecule has 7 heteroatoms. The van der Waals surface area contributed by atoms with Gasteiger partial charge in [0.05, 0.1) is 12.7 Å². The summed E-state index contributed by atoms with van der Waals surface area (Å²) in [6, 6.07) is 2.00. The monoisotopic (exact) mass is 247 g/mol. The molecule has 2 aromatic rings. The third-order valence-corrected chi connectivity index (χ3v) is 3.24. The van der Waals surface area contributed by atoms with Crippen molar-refractivity contribution in [3.63, 3.8) is 0 Å². The number of fused-ring (bicyclic) bond motifs is 1. The van der Waals surface area contributed by atoms with E-state index in [1.807, 2.05) is 28.6 Å². The molecule has 96 valence electrons. The fraction of sp³-hybridized carbons (Fsp3) is 0.545. The molecule has 1 aliphatic rings. The van der Waals surface area contributed by atoms with Gasteiger partial charge >= 0.3 is 0 Å². The van der Waals surface area contributed by atoms with Gasteiger partial charge in [-0.3, -0.25) is 0 Å². The number of aryl methyl sites for hydroxylation is 1. The molecule has 1 aliphatic heterocycles. The van der Waals surface area contributed by atoms with Crippen LogP contribution in [0.4, 0.5) is 5.82 Å². The van der Waals surface area contributed by atoms with Crippen LogP contribution in [0.2, 0.25) is 0 Å². The molecule has 3 rings (SSSR count). The van der Waals surface area contributed by atoms with Crippen LogP contribution in [0.15, 0.2) is 18.6 Å². The highest BCUT2D eigenvalue weighted by Gasteiger charge is 2.17. The van der Waals surface area contributed by atoms with Gasteiger partial charge in [-0.05, 0) is 0 Å². The van der Waals surface area contributed by atoms with Crippen molar-refractivity contribution in [3.8, 4) is 0 Å². The minimum absolute atomic E-state index is 0.547. The molecule has 0 aromatic carbocycles. The maximum atomic E-state index is 4.28. The summed E-state index contributed by atoms with van der Waals surface area (Å²) in [6.45, 7) is 3.64. The van der Waals surface area contributed by atoms with Crippen molar-refractivity contribution >= 4 is 5.82 Å². The largest absolute Gasteiger partial charge is 0.370 e. The number of rotatable bonds is 4. The predicted octanol–water partition coefficient (Wildman–Crippen LogP) is -0.157. The first-order valence-corrected chi connectivity index (χ1v) is 6.12. The van der Waals surface area contributed by atoms with E-state index in [0.29, 0.717) is 5.92 Å². The van der Waals surface area contributed by atoms with Gasteiger partial charge in [0, 0.05) is 38.7 Å². The Morgan fingerprint density at radius 1 is 1.56 bits per heavy atom. The normalized spacial score (nSPS) is 18.4. The molecule has 18 heavy (non-hydrogen) atoms. The van der Waals surface area contributed by atoms with E-state index in [9.17, 15) is 0 Å². The number of nitrogens with one attached hydrogen (secondary N) is 2. The van der Waals surface area contributed by atoms with E-state index in [1.165, 1.54) is 0 Å². The van der Waals surface area contributed by atoms with Crippen LogP contribution in [0, 0.1) is 5.92 Å². The van der Waals surface area contributed by atoms with Gasteiger partial charge < -0.3 is 15.2 Å². The molecule has 3 heterocycles. The average Bonchev–Trinajstić information content (AvgIpc) is 2.98. The minimum atomic E-state index is 0.547. The van der Waals surface area contributed by atoms with Crippen LogP contribution in [-0.2, 0) is 20.1 Å². The lowest BCUT2D eigenvalue weighted by Crippen LogP contribution is -2.35. The molecule has 7 nitrogen and oxygen atoms in total. The van der Waals surface area contributed by atoms with E-state index in [2.05, 4.69) is 25.9 Å². The van der Waals surface area contributed by atoms with Crippen LogP contribution >= 0.6 is 0 Å². The SMILES string of the molecule is Cn1cnnc1CNCC1CNc2ccnn2C1. The smallest absolute Gasteiger partial charge is 0.146 e. The molecule has 0 bridgehead atoms. The van der Waals surface area contributed by atoms with Crippen LogP contribution in [0.3, 0.4) is 0 Å². The van der Waals surface area contributed by atoms with Gasteiger partial charge in [-0.2, -0.15) is 5.10 Å². The highest BCUT2D eigenvalue weighted by molar-refractivity contribution is 5.35. The second-order valence-electron chi connectivity index (χ2n) is 4.63. The number of aromatic nitrogens is 5. The maximum Gasteiger partial charge on any atom is 0.146 e. The molecule has 0 aliphatic carbocycles. The third-order valence-electron chi connectivity index (χ3n) is 3.24. The van der Waals surface area contributed by atoms with E-state index in [4.69, 9.17) is 0 Å². The molecule has 0 amide bonds. The lowest BCUT2D eigenvalue weighted by atomic mass is 10.1. The van der Waals surface area contributed by atoms with Gasteiger partial charge in [0.15, 0.2) is 0 Å². The highest BCUT2D eigenvalue weighted by atomic mass is 15.3. The number of hydrogen-bond donors (Lipinski definition) is 2. The predicted molar refractivity (Wildman–Crippen MR) is 66.9 cm³/mol. The van der Waals surface area contributed by atoms with E-state index in [1.54, 1.807) is 6.33 Å². The molecule has 0 saturated carbocycles. The lowest BCUT2D eigenvalue weighted by molar-refractivity contribution is 0.389. The number of hydrogen-bond acceptors (Lipinski definition) is 5. The number of anilines is 1. The van der Waals surface area contributed by atoms with Gasteiger partial charge in [0.2, 0.25) is 0 Å². The van der Waals surface area contributed by atoms with Crippen LogP contribution < -0.4 is 10.6 Å².